The molecule has 5 aliphatic heterocycles. The Balaban J connectivity index is 1.32. The molecule has 0 radical (unpaired) electrons. The predicted molar refractivity (Wildman–Crippen MR) is 321 cm³/mol. The summed E-state index contributed by atoms with van der Waals surface area (Å²) in [4.78, 5) is 198. The number of amides is 10. The van der Waals surface area contributed by atoms with E-state index in [4.69, 9.17) is 24.6 Å². The molecule has 0 bridgehead atoms. The summed E-state index contributed by atoms with van der Waals surface area (Å²) in [6, 6.07) is -7.87. The van der Waals surface area contributed by atoms with Crippen molar-refractivity contribution in [3.05, 3.63) is 44.6 Å². The van der Waals surface area contributed by atoms with E-state index >= 15 is 9.59 Å². The number of hydrogen-bond donors (Lipinski definition) is 5. The number of fused-ring (bicyclic) bond motifs is 4. The number of rotatable bonds is 8. The number of nitrogens with one attached hydrogen (secondary N) is 4. The van der Waals surface area contributed by atoms with Crippen LogP contribution < -0.4 is 32.4 Å². The highest BCUT2D eigenvalue weighted by atomic mass is 16.6. The Kier molecular flexibility index (Phi) is 20.5. The van der Waals surface area contributed by atoms with Gasteiger partial charge in [0.1, 0.15) is 71.8 Å². The second-order valence-corrected chi connectivity index (χ2v) is 25.2. The quantitative estimate of drug-likeness (QED) is 0.115. The Labute approximate surface area is 515 Å². The number of likely N-dealkylation sites (N-methyl/N-ethyl adjacent to an activating group) is 4. The van der Waals surface area contributed by atoms with Gasteiger partial charge in [0, 0.05) is 46.8 Å². The Morgan fingerprint density at radius 3 is 1.51 bits per heavy atom. The number of esters is 2. The number of nitrogens with two attached hydrogens (primary N) is 1. The normalized spacial score (nSPS) is 26.2. The summed E-state index contributed by atoms with van der Waals surface area (Å²) in [5.74, 6) is -12.4. The summed E-state index contributed by atoms with van der Waals surface area (Å²) in [6.45, 7) is 18.3. The molecule has 10 atom stereocenters. The van der Waals surface area contributed by atoms with Gasteiger partial charge in [-0.25, -0.2) is 14.6 Å². The molecule has 28 nitrogen and oxygen atoms in total. The van der Waals surface area contributed by atoms with E-state index in [9.17, 15) is 52.7 Å². The van der Waals surface area contributed by atoms with Crippen molar-refractivity contribution in [2.45, 2.75) is 163 Å². The average Bonchev–Trinajstić information content (AvgIpc) is 1.14. The molecule has 7 rings (SSSR count). The highest BCUT2D eigenvalue weighted by Crippen LogP contribution is 2.35. The van der Waals surface area contributed by atoms with Crippen LogP contribution in [0.2, 0.25) is 0 Å². The second-order valence-electron chi connectivity index (χ2n) is 25.2. The molecule has 6 N–H and O–H groups in total. The number of nitrogen functional groups attached to an aromatic ring is 1. The van der Waals surface area contributed by atoms with Gasteiger partial charge >= 0.3 is 11.9 Å². The van der Waals surface area contributed by atoms with Crippen LogP contribution in [0.5, 0.6) is 0 Å². The van der Waals surface area contributed by atoms with E-state index in [0.717, 1.165) is 9.80 Å². The van der Waals surface area contributed by atoms with Gasteiger partial charge < -0.3 is 70.3 Å². The summed E-state index contributed by atoms with van der Waals surface area (Å²) in [5, 5.41) is 10.6. The van der Waals surface area contributed by atoms with Crippen molar-refractivity contribution < 1.29 is 71.4 Å². The number of carbonyl (C=O) groups excluding carboxylic acids is 12. The molecule has 28 heteroatoms. The SMILES string of the molecule is Cc1c2oc3c(C)ccc(C(=O)NC4C(=O)NC(C(C)C)C(=O)N5CCCC5C(=O)N(C)CC(=O)N(C)C(C(C)C)C(=O)OC4C)c3nc-2c(C(=O)NC2C(=O)NC(C(C)C)C(=O)N3CCC3C(=O)N(C)CC(=O)N(C)C(C(C)C)C(=O)OC2C)c(N)c1=O. The summed E-state index contributed by atoms with van der Waals surface area (Å²) in [5.41, 5.74) is 3.54. The molecule has 0 saturated carbocycles. The van der Waals surface area contributed by atoms with Crippen LogP contribution in [0.25, 0.3) is 22.6 Å². The van der Waals surface area contributed by atoms with Gasteiger partial charge in [0.15, 0.2) is 11.3 Å². The fourth-order valence-electron chi connectivity index (χ4n) is 11.9. The molecule has 10 amide bonds. The van der Waals surface area contributed by atoms with E-state index in [2.05, 4.69) is 21.3 Å². The molecule has 0 spiro atoms. The van der Waals surface area contributed by atoms with Crippen LogP contribution in [0.3, 0.4) is 0 Å². The number of anilines is 1. The molecule has 484 valence electrons. The zero-order chi connectivity index (χ0) is 66.3. The number of ether oxygens (including phenoxy) is 2. The van der Waals surface area contributed by atoms with Crippen LogP contribution in [0.15, 0.2) is 21.3 Å². The van der Waals surface area contributed by atoms with Gasteiger partial charge in [0.25, 0.3) is 11.8 Å². The lowest BCUT2D eigenvalue weighted by Gasteiger charge is -2.44. The Morgan fingerprint density at radius 2 is 1.07 bits per heavy atom. The monoisotopic (exact) mass is 1240 g/mol. The van der Waals surface area contributed by atoms with Crippen molar-refractivity contribution in [1.82, 2.24) is 55.7 Å². The van der Waals surface area contributed by atoms with Gasteiger partial charge in [-0.05, 0) is 82.3 Å². The Bertz CT molecular complexity index is 3400. The van der Waals surface area contributed by atoms with Crippen molar-refractivity contribution in [3.63, 3.8) is 0 Å². The summed E-state index contributed by atoms with van der Waals surface area (Å²) < 4.78 is 18.3. The number of benzene rings is 2. The second kappa shape index (κ2) is 26.9. The van der Waals surface area contributed by atoms with Gasteiger partial charge in [0.05, 0.1) is 29.9 Å². The third-order valence-electron chi connectivity index (χ3n) is 17.3. The maximum absolute atomic E-state index is 15.1. The molecule has 1 aromatic rings. The molecule has 1 aromatic carbocycles. The van der Waals surface area contributed by atoms with Crippen LogP contribution in [-0.2, 0) is 57.4 Å². The first kappa shape index (κ1) is 67.8. The molecule has 4 saturated heterocycles. The van der Waals surface area contributed by atoms with Crippen molar-refractivity contribution in [2.75, 3.05) is 60.1 Å². The number of aryl methyl sites for hydroxylation is 1. The van der Waals surface area contributed by atoms with Gasteiger partial charge in [-0.2, -0.15) is 0 Å². The van der Waals surface area contributed by atoms with Gasteiger partial charge in [0.2, 0.25) is 52.7 Å². The third kappa shape index (κ3) is 13.5. The topological polar surface area (TPSA) is 360 Å². The highest BCUT2D eigenvalue weighted by molar-refractivity contribution is 6.10. The first-order chi connectivity index (χ1) is 41.6. The van der Waals surface area contributed by atoms with E-state index < -0.39 is 191 Å². The van der Waals surface area contributed by atoms with Crippen molar-refractivity contribution >= 4 is 87.8 Å². The molecular weight excluding hydrogens is 1160 g/mol. The standard InChI is InChI=1S/C61H84N12O16/c1-26(2)41-58(83)72-22-17-18-35(72)56(81)68(13)24-37(74)70(15)47(28(5)6)60(85)87-32(11)43(54(79)64-41)66-52(77)34-20-19-30(9)50-45(34)63-46-39(40(62)49(76)31(10)51(46)89-50)53(78)67-44-33(12)88-61(86)48(29(7)8)71(16)38(75)25-69(14)57(82)36-21-23-73(36)59(84)42(27(3)4)65-55(44)80/h19-20,26-29,32-33,35-36,41-44,47-48H,17-18,21-25,62H2,1-16H3,(H,64,79)(H,65,80)(H,66,77)(H,67,78). The smallest absolute Gasteiger partial charge is 0.329 e. The summed E-state index contributed by atoms with van der Waals surface area (Å²) >= 11 is 0. The molecule has 4 fully saturated rings. The van der Waals surface area contributed by atoms with Gasteiger partial charge in [-0.1, -0.05) is 61.5 Å². The Morgan fingerprint density at radius 1 is 0.618 bits per heavy atom. The Hall–Kier alpha value is -8.72. The molecule has 89 heavy (non-hydrogen) atoms. The molecule has 6 aliphatic rings. The number of carbonyl (C=O) groups is 12. The number of aromatic nitrogens is 1. The number of cyclic esters (lactones) is 2. The molecule has 10 unspecified atom stereocenters. The zero-order valence-corrected chi connectivity index (χ0v) is 53.4. The number of nitrogens with zero attached hydrogens (tertiary/aromatic N) is 7. The van der Waals surface area contributed by atoms with E-state index in [-0.39, 0.29) is 53.9 Å². The molecule has 0 aromatic heterocycles. The first-order valence-corrected chi connectivity index (χ1v) is 30.0. The minimum atomic E-state index is -1.88. The first-order valence-electron chi connectivity index (χ1n) is 30.0. The molecular formula is C61H84N12O16. The van der Waals surface area contributed by atoms with Crippen molar-refractivity contribution in [2.24, 2.45) is 23.7 Å². The van der Waals surface area contributed by atoms with E-state index in [0.29, 0.717) is 12.0 Å². The van der Waals surface area contributed by atoms with E-state index in [1.165, 1.54) is 80.7 Å². The van der Waals surface area contributed by atoms with Crippen LogP contribution in [-0.4, -0.2) is 220 Å². The van der Waals surface area contributed by atoms with Gasteiger partial charge in [-0.3, -0.25) is 52.7 Å². The molecule has 1 aliphatic carbocycles. The summed E-state index contributed by atoms with van der Waals surface area (Å²) in [7, 11) is 5.56. The van der Waals surface area contributed by atoms with E-state index in [1.807, 2.05) is 0 Å². The average molecular weight is 1240 g/mol. The maximum Gasteiger partial charge on any atom is 0.329 e. The highest BCUT2D eigenvalue weighted by Gasteiger charge is 2.47. The van der Waals surface area contributed by atoms with E-state index in [1.54, 1.807) is 62.3 Å². The van der Waals surface area contributed by atoms with Gasteiger partial charge in [-0.15, -0.1) is 0 Å². The lowest BCUT2D eigenvalue weighted by atomic mass is 9.95. The van der Waals surface area contributed by atoms with Crippen LogP contribution >= 0.6 is 0 Å². The third-order valence-corrected chi connectivity index (χ3v) is 17.3. The van der Waals surface area contributed by atoms with Crippen LogP contribution in [0, 0.1) is 37.5 Å². The minimum Gasteiger partial charge on any atom is -0.458 e. The largest absolute Gasteiger partial charge is 0.458 e. The minimum absolute atomic E-state index is 0.0770. The molecule has 5 heterocycles. The zero-order valence-electron chi connectivity index (χ0n) is 53.4. The fourth-order valence-corrected chi connectivity index (χ4v) is 11.9. The fraction of sp³-hybridized carbons (Fsp3) is 0.607. The summed E-state index contributed by atoms with van der Waals surface area (Å²) in [6.07, 6.45) is -2.09. The van der Waals surface area contributed by atoms with Crippen molar-refractivity contribution in [1.29, 1.82) is 0 Å². The number of hydrogen-bond acceptors (Lipinski definition) is 18. The maximum atomic E-state index is 15.1. The van der Waals surface area contributed by atoms with Crippen LogP contribution in [0.1, 0.15) is 120 Å². The van der Waals surface area contributed by atoms with Crippen molar-refractivity contribution in [3.8, 4) is 11.5 Å². The lowest BCUT2D eigenvalue weighted by Crippen LogP contribution is -2.65. The van der Waals surface area contributed by atoms with Crippen LogP contribution in [0.4, 0.5) is 5.69 Å². The lowest BCUT2D eigenvalue weighted by molar-refractivity contribution is -0.164. The predicted octanol–water partition coefficient (Wildman–Crippen LogP) is 0.336.